The first-order valence-corrected chi connectivity index (χ1v) is 7.57. The number of benzene rings is 1. The molecule has 1 aromatic heterocycles. The van der Waals surface area contributed by atoms with Gasteiger partial charge in [-0.25, -0.2) is 0 Å². The molecule has 20 heavy (non-hydrogen) atoms. The van der Waals surface area contributed by atoms with Crippen molar-refractivity contribution in [2.24, 2.45) is 17.1 Å². The molecule has 1 heterocycles. The number of hydrogen-bond acceptors (Lipinski definition) is 2. The molecule has 2 unspecified atom stereocenters. The van der Waals surface area contributed by atoms with Crippen LogP contribution in [-0.2, 0) is 0 Å². The molecule has 2 atom stereocenters. The van der Waals surface area contributed by atoms with E-state index in [1.165, 1.54) is 0 Å². The second-order valence-corrected chi connectivity index (χ2v) is 7.48. The summed E-state index contributed by atoms with van der Waals surface area (Å²) in [4.78, 5) is 0. The van der Waals surface area contributed by atoms with Gasteiger partial charge in [0, 0.05) is 10.4 Å². The Kier molecular flexibility index (Phi) is 4.46. The Labute approximate surface area is 126 Å². The molecule has 0 saturated heterocycles. The van der Waals surface area contributed by atoms with E-state index in [0.29, 0.717) is 11.3 Å². The zero-order valence-electron chi connectivity index (χ0n) is 12.7. The lowest BCUT2D eigenvalue weighted by atomic mass is 9.83. The van der Waals surface area contributed by atoms with Gasteiger partial charge in [-0.3, -0.25) is 0 Å². The van der Waals surface area contributed by atoms with Crippen molar-refractivity contribution < 1.29 is 4.42 Å². The average Bonchev–Trinajstić information content (AvgIpc) is 2.68. The maximum Gasteiger partial charge on any atom is 0.134 e. The Morgan fingerprint density at radius 1 is 1.25 bits per heavy atom. The molecule has 2 rings (SSSR count). The van der Waals surface area contributed by atoms with Crippen LogP contribution >= 0.6 is 11.6 Å². The maximum atomic E-state index is 6.29. The minimum atomic E-state index is -0.0569. The lowest BCUT2D eigenvalue weighted by Crippen LogP contribution is -2.17. The first-order chi connectivity index (χ1) is 9.24. The van der Waals surface area contributed by atoms with E-state index in [1.807, 2.05) is 24.3 Å². The predicted molar refractivity (Wildman–Crippen MR) is 86.0 cm³/mol. The zero-order chi connectivity index (χ0) is 14.9. The Balaban J connectivity index is 2.09. The average molecular weight is 294 g/mol. The Hall–Kier alpha value is -0.990. The van der Waals surface area contributed by atoms with Crippen molar-refractivity contribution in [3.8, 4) is 0 Å². The predicted octanol–water partition coefficient (Wildman–Crippen LogP) is 5.55. The van der Waals surface area contributed by atoms with Gasteiger partial charge < -0.3 is 10.2 Å². The minimum Gasteiger partial charge on any atom is -0.459 e. The smallest absolute Gasteiger partial charge is 0.134 e. The number of nitrogens with two attached hydrogens (primary N) is 1. The van der Waals surface area contributed by atoms with Crippen molar-refractivity contribution >= 4 is 22.6 Å². The molecule has 0 amide bonds. The first-order valence-electron chi connectivity index (χ1n) is 7.19. The summed E-state index contributed by atoms with van der Waals surface area (Å²) in [5, 5.41) is 1.74. The SMILES string of the molecule is CC(CC(N)c1cc2cc(Cl)ccc2o1)CC(C)(C)C. The van der Waals surface area contributed by atoms with E-state index in [0.717, 1.165) is 34.6 Å². The van der Waals surface area contributed by atoms with E-state index in [4.69, 9.17) is 21.8 Å². The molecular formula is C17H24ClNO. The number of halogens is 1. The van der Waals surface area contributed by atoms with Gasteiger partial charge >= 0.3 is 0 Å². The third-order valence-corrected chi connectivity index (χ3v) is 3.72. The molecule has 2 N–H and O–H groups in total. The van der Waals surface area contributed by atoms with Crippen molar-refractivity contribution in [1.29, 1.82) is 0 Å². The second-order valence-electron chi connectivity index (χ2n) is 7.04. The first kappa shape index (κ1) is 15.4. The monoisotopic (exact) mass is 293 g/mol. The van der Waals surface area contributed by atoms with E-state index in [9.17, 15) is 0 Å². The largest absolute Gasteiger partial charge is 0.459 e. The van der Waals surface area contributed by atoms with Crippen LogP contribution in [0.1, 0.15) is 52.3 Å². The lowest BCUT2D eigenvalue weighted by molar-refractivity contribution is 0.280. The number of hydrogen-bond donors (Lipinski definition) is 1. The van der Waals surface area contributed by atoms with Crippen LogP contribution in [0, 0.1) is 11.3 Å². The van der Waals surface area contributed by atoms with E-state index in [2.05, 4.69) is 27.7 Å². The van der Waals surface area contributed by atoms with Crippen molar-refractivity contribution in [1.82, 2.24) is 0 Å². The zero-order valence-corrected chi connectivity index (χ0v) is 13.5. The van der Waals surface area contributed by atoms with Crippen LogP contribution < -0.4 is 5.73 Å². The molecule has 2 aromatic rings. The molecule has 2 nitrogen and oxygen atoms in total. The highest BCUT2D eigenvalue weighted by Crippen LogP contribution is 2.32. The van der Waals surface area contributed by atoms with E-state index >= 15 is 0 Å². The molecule has 1 aromatic carbocycles. The summed E-state index contributed by atoms with van der Waals surface area (Å²) in [6.07, 6.45) is 2.09. The third kappa shape index (κ3) is 4.00. The quantitative estimate of drug-likeness (QED) is 0.803. The lowest BCUT2D eigenvalue weighted by Gasteiger charge is -2.24. The molecule has 0 saturated carbocycles. The van der Waals surface area contributed by atoms with Gasteiger partial charge in [0.1, 0.15) is 11.3 Å². The summed E-state index contributed by atoms with van der Waals surface area (Å²) in [5.74, 6) is 1.42. The van der Waals surface area contributed by atoms with Gasteiger partial charge in [0.15, 0.2) is 0 Å². The number of furan rings is 1. The van der Waals surface area contributed by atoms with Crippen LogP contribution in [0.4, 0.5) is 0 Å². The summed E-state index contributed by atoms with van der Waals surface area (Å²) in [5.41, 5.74) is 7.47. The van der Waals surface area contributed by atoms with Gasteiger partial charge in [-0.2, -0.15) is 0 Å². The Bertz CT molecular complexity index is 582. The highest BCUT2D eigenvalue weighted by Gasteiger charge is 2.20. The molecule has 0 bridgehead atoms. The van der Waals surface area contributed by atoms with E-state index < -0.39 is 0 Å². The third-order valence-electron chi connectivity index (χ3n) is 3.48. The van der Waals surface area contributed by atoms with Crippen molar-refractivity contribution in [3.63, 3.8) is 0 Å². The summed E-state index contributed by atoms with van der Waals surface area (Å²) < 4.78 is 5.83. The fourth-order valence-corrected chi connectivity index (χ4v) is 3.08. The fourth-order valence-electron chi connectivity index (χ4n) is 2.90. The number of rotatable bonds is 4. The second kappa shape index (κ2) is 5.79. The molecule has 0 aliphatic carbocycles. The van der Waals surface area contributed by atoms with Crippen molar-refractivity contribution in [3.05, 3.63) is 35.0 Å². The Morgan fingerprint density at radius 3 is 2.60 bits per heavy atom. The molecule has 0 fully saturated rings. The maximum absolute atomic E-state index is 6.29. The van der Waals surface area contributed by atoms with Crippen molar-refractivity contribution in [2.45, 2.75) is 46.6 Å². The molecular weight excluding hydrogens is 270 g/mol. The van der Waals surface area contributed by atoms with E-state index in [-0.39, 0.29) is 6.04 Å². The highest BCUT2D eigenvalue weighted by molar-refractivity contribution is 6.31. The minimum absolute atomic E-state index is 0.0569. The highest BCUT2D eigenvalue weighted by atomic mass is 35.5. The topological polar surface area (TPSA) is 39.2 Å². The van der Waals surface area contributed by atoms with Crippen LogP contribution in [0.15, 0.2) is 28.7 Å². The summed E-state index contributed by atoms with van der Waals surface area (Å²) in [6.45, 7) is 9.04. The molecule has 3 heteroatoms. The van der Waals surface area contributed by atoms with Crippen molar-refractivity contribution in [2.75, 3.05) is 0 Å². The fraction of sp³-hybridized carbons (Fsp3) is 0.529. The molecule has 0 radical (unpaired) electrons. The van der Waals surface area contributed by atoms with Gasteiger partial charge in [0.25, 0.3) is 0 Å². The normalized spacial score (nSPS) is 15.5. The van der Waals surface area contributed by atoms with Gasteiger partial charge in [-0.15, -0.1) is 0 Å². The molecule has 0 spiro atoms. The van der Waals surface area contributed by atoms with Crippen LogP contribution in [0.2, 0.25) is 5.02 Å². The van der Waals surface area contributed by atoms with E-state index in [1.54, 1.807) is 0 Å². The summed E-state index contributed by atoms with van der Waals surface area (Å²) >= 11 is 5.99. The van der Waals surface area contributed by atoms with Crippen LogP contribution in [-0.4, -0.2) is 0 Å². The number of fused-ring (bicyclic) bond motifs is 1. The van der Waals surface area contributed by atoms with Gasteiger partial charge in [0.05, 0.1) is 6.04 Å². The standard InChI is InChI=1S/C17H24ClNO/c1-11(10-17(2,3)4)7-14(19)16-9-12-8-13(18)5-6-15(12)20-16/h5-6,8-9,11,14H,7,10,19H2,1-4H3. The van der Waals surface area contributed by atoms with Gasteiger partial charge in [0.2, 0.25) is 0 Å². The van der Waals surface area contributed by atoms with Gasteiger partial charge in [-0.05, 0) is 48.4 Å². The summed E-state index contributed by atoms with van der Waals surface area (Å²) in [7, 11) is 0. The van der Waals surface area contributed by atoms with Gasteiger partial charge in [-0.1, -0.05) is 39.3 Å². The van der Waals surface area contributed by atoms with Crippen LogP contribution in [0.25, 0.3) is 11.0 Å². The summed E-state index contributed by atoms with van der Waals surface area (Å²) in [6, 6.07) is 7.60. The molecule has 110 valence electrons. The van der Waals surface area contributed by atoms with Crippen LogP contribution in [0.3, 0.4) is 0 Å². The molecule has 0 aliphatic rings. The van der Waals surface area contributed by atoms with Crippen LogP contribution in [0.5, 0.6) is 0 Å². The Morgan fingerprint density at radius 2 is 1.95 bits per heavy atom. The molecule has 0 aliphatic heterocycles.